The zero-order valence-electron chi connectivity index (χ0n) is 31.5. The van der Waals surface area contributed by atoms with Crippen LogP contribution in [0, 0.1) is 10.8 Å². The van der Waals surface area contributed by atoms with E-state index in [0.29, 0.717) is 24.5 Å². The Bertz CT molecular complexity index is 2200. The predicted octanol–water partition coefficient (Wildman–Crippen LogP) is 10.2. The van der Waals surface area contributed by atoms with Crippen LogP contribution >= 0.6 is 0 Å². The molecule has 0 bridgehead atoms. The first-order chi connectivity index (χ1) is 25.5. The van der Waals surface area contributed by atoms with Crippen molar-refractivity contribution in [3.05, 3.63) is 119 Å². The Morgan fingerprint density at radius 2 is 1.38 bits per heavy atom. The number of benzene rings is 5. The lowest BCUT2D eigenvalue weighted by Crippen LogP contribution is -2.44. The van der Waals surface area contributed by atoms with Crippen LogP contribution in [0.15, 0.2) is 91.0 Å². The van der Waals surface area contributed by atoms with Gasteiger partial charge < -0.3 is 28.8 Å². The summed E-state index contributed by atoms with van der Waals surface area (Å²) in [6.07, 6.45) is 8.05. The average Bonchev–Trinajstić information content (AvgIpc) is 3.26. The van der Waals surface area contributed by atoms with Gasteiger partial charge in [0.2, 0.25) is 0 Å². The lowest BCUT2D eigenvalue weighted by atomic mass is 9.52. The van der Waals surface area contributed by atoms with Crippen molar-refractivity contribution in [1.29, 1.82) is 0 Å². The summed E-state index contributed by atoms with van der Waals surface area (Å²) in [6.45, 7) is 10.1. The number of hydrogen-bond acceptors (Lipinski definition) is 6. The van der Waals surface area contributed by atoms with E-state index in [4.69, 9.17) is 23.7 Å². The first kappa shape index (κ1) is 33.9. The molecule has 0 aromatic heterocycles. The van der Waals surface area contributed by atoms with Crippen molar-refractivity contribution in [2.24, 2.45) is 10.8 Å². The molecule has 1 atom stereocenters. The number of hydrogen-bond donors (Lipinski definition) is 1. The molecule has 4 aliphatic rings. The summed E-state index contributed by atoms with van der Waals surface area (Å²) < 4.78 is 31.7. The van der Waals surface area contributed by atoms with Crippen molar-refractivity contribution in [3.63, 3.8) is 0 Å². The van der Waals surface area contributed by atoms with Gasteiger partial charge in [0.05, 0.1) is 27.4 Å². The zero-order chi connectivity index (χ0) is 36.8. The molecule has 5 aromatic carbocycles. The van der Waals surface area contributed by atoms with Crippen molar-refractivity contribution in [1.82, 2.24) is 0 Å². The Kier molecular flexibility index (Phi) is 7.69. The second-order valence-electron chi connectivity index (χ2n) is 17.0. The highest BCUT2D eigenvalue weighted by molar-refractivity contribution is 6.09. The number of methoxy groups -OCH3 is 2. The van der Waals surface area contributed by atoms with E-state index >= 15 is 0 Å². The van der Waals surface area contributed by atoms with Gasteiger partial charge >= 0.3 is 0 Å². The van der Waals surface area contributed by atoms with E-state index in [1.165, 1.54) is 22.3 Å². The van der Waals surface area contributed by atoms with E-state index in [1.54, 1.807) is 14.2 Å². The van der Waals surface area contributed by atoms with Gasteiger partial charge in [-0.05, 0) is 100 Å². The SMILES string of the molecule is COc1ccc(C2(c3ccc(OC)cc3)C=Cc3c4c(c5cc6c(cc5c3O2)OCCC(CO)O6)-c2ccccc2C42CC(C)(C)CC(C)(C)C2)cc1. The van der Waals surface area contributed by atoms with Crippen LogP contribution in [0.5, 0.6) is 28.7 Å². The van der Waals surface area contributed by atoms with E-state index < -0.39 is 5.60 Å². The molecular weight excluding hydrogens is 661 g/mol. The van der Waals surface area contributed by atoms with Crippen LogP contribution in [0.1, 0.15) is 81.2 Å². The van der Waals surface area contributed by atoms with Crippen molar-refractivity contribution in [3.8, 4) is 39.9 Å². The Morgan fingerprint density at radius 3 is 2.00 bits per heavy atom. The van der Waals surface area contributed by atoms with E-state index in [1.807, 2.05) is 24.3 Å². The third kappa shape index (κ3) is 5.24. The van der Waals surface area contributed by atoms with Crippen LogP contribution in [0.25, 0.3) is 28.0 Å². The van der Waals surface area contributed by atoms with Crippen LogP contribution in [0.2, 0.25) is 0 Å². The van der Waals surface area contributed by atoms with Gasteiger partial charge in [-0.15, -0.1) is 0 Å². The van der Waals surface area contributed by atoms with Crippen molar-refractivity contribution >= 4 is 16.8 Å². The van der Waals surface area contributed by atoms with Gasteiger partial charge in [0.1, 0.15) is 23.4 Å². The van der Waals surface area contributed by atoms with Crippen LogP contribution < -0.4 is 23.7 Å². The fourth-order valence-electron chi connectivity index (χ4n) is 10.7. The summed E-state index contributed by atoms with van der Waals surface area (Å²) in [6, 6.07) is 29.6. The fourth-order valence-corrected chi connectivity index (χ4v) is 10.7. The highest BCUT2D eigenvalue weighted by Gasteiger charge is 2.55. The minimum absolute atomic E-state index is 0.0700. The zero-order valence-corrected chi connectivity index (χ0v) is 31.5. The molecule has 1 fully saturated rings. The molecule has 2 aliphatic carbocycles. The van der Waals surface area contributed by atoms with Gasteiger partial charge in [-0.25, -0.2) is 0 Å². The molecule has 1 unspecified atom stereocenters. The number of aliphatic hydroxyl groups is 1. The molecule has 6 nitrogen and oxygen atoms in total. The lowest BCUT2D eigenvalue weighted by molar-refractivity contribution is 0.0642. The summed E-state index contributed by atoms with van der Waals surface area (Å²) >= 11 is 0. The number of rotatable bonds is 5. The smallest absolute Gasteiger partial charge is 0.178 e. The number of fused-ring (bicyclic) bond motifs is 11. The highest BCUT2D eigenvalue weighted by Crippen LogP contribution is 2.67. The first-order valence-electron chi connectivity index (χ1n) is 18.9. The van der Waals surface area contributed by atoms with E-state index in [0.717, 1.165) is 64.0 Å². The minimum atomic E-state index is -0.956. The third-order valence-corrected chi connectivity index (χ3v) is 12.1. The maximum Gasteiger partial charge on any atom is 0.178 e. The third-order valence-electron chi connectivity index (χ3n) is 12.1. The normalized spacial score (nSPS) is 20.8. The molecular formula is C47H48O6. The summed E-state index contributed by atoms with van der Waals surface area (Å²) in [5.41, 5.74) is 7.35. The number of ether oxygens (including phenoxy) is 5. The molecule has 272 valence electrons. The summed E-state index contributed by atoms with van der Waals surface area (Å²) in [7, 11) is 3.38. The average molecular weight is 709 g/mol. The van der Waals surface area contributed by atoms with Crippen molar-refractivity contribution < 1.29 is 28.8 Å². The second-order valence-corrected chi connectivity index (χ2v) is 17.0. The first-order valence-corrected chi connectivity index (χ1v) is 18.9. The molecule has 53 heavy (non-hydrogen) atoms. The van der Waals surface area contributed by atoms with Crippen LogP contribution in [0.3, 0.4) is 0 Å². The van der Waals surface area contributed by atoms with Crippen molar-refractivity contribution in [2.45, 2.75) is 70.5 Å². The second kappa shape index (κ2) is 12.0. The Hall–Kier alpha value is -4.94. The molecule has 2 aliphatic heterocycles. The van der Waals surface area contributed by atoms with Crippen LogP contribution in [0.4, 0.5) is 0 Å². The van der Waals surface area contributed by atoms with Crippen LogP contribution in [-0.4, -0.2) is 38.6 Å². The molecule has 9 rings (SSSR count). The van der Waals surface area contributed by atoms with Gasteiger partial charge in [0, 0.05) is 33.9 Å². The maximum absolute atomic E-state index is 10.2. The molecule has 1 N–H and O–H groups in total. The molecule has 6 heteroatoms. The monoisotopic (exact) mass is 708 g/mol. The molecule has 0 radical (unpaired) electrons. The standard InChI is InChI=1S/C47H48O6/c1-44(2)26-45(3,4)28-46(27-44)38-10-8-7-9-34(38)41-36-23-40-39(51-22-20-33(25-48)52-40)24-37(36)43-35(42(41)46)19-21-47(53-43,29-11-15-31(49-5)16-12-29)30-13-17-32(50-6)18-14-30/h7-19,21,23-24,33,48H,20,22,25-28H2,1-6H3. The lowest BCUT2D eigenvalue weighted by Gasteiger charge is -2.52. The molecule has 1 saturated carbocycles. The van der Waals surface area contributed by atoms with E-state index in [2.05, 4.69) is 101 Å². The largest absolute Gasteiger partial charge is 0.497 e. The molecule has 2 heterocycles. The summed E-state index contributed by atoms with van der Waals surface area (Å²) in [5, 5.41) is 12.2. The molecule has 0 saturated heterocycles. The maximum atomic E-state index is 10.2. The highest BCUT2D eigenvalue weighted by atomic mass is 16.5. The van der Waals surface area contributed by atoms with Crippen molar-refractivity contribution in [2.75, 3.05) is 27.4 Å². The summed E-state index contributed by atoms with van der Waals surface area (Å²) in [5.74, 6) is 3.71. The van der Waals surface area contributed by atoms with Gasteiger partial charge in [-0.3, -0.25) is 0 Å². The van der Waals surface area contributed by atoms with Crippen LogP contribution in [-0.2, 0) is 11.0 Å². The topological polar surface area (TPSA) is 66.4 Å². The molecule has 0 amide bonds. The van der Waals surface area contributed by atoms with Gasteiger partial charge in [0.25, 0.3) is 0 Å². The minimum Gasteiger partial charge on any atom is -0.497 e. The van der Waals surface area contributed by atoms with Gasteiger partial charge in [0.15, 0.2) is 17.1 Å². The predicted molar refractivity (Wildman–Crippen MR) is 210 cm³/mol. The van der Waals surface area contributed by atoms with Gasteiger partial charge in [-0.2, -0.15) is 0 Å². The van der Waals surface area contributed by atoms with E-state index in [-0.39, 0.29) is 29.0 Å². The summed E-state index contributed by atoms with van der Waals surface area (Å²) in [4.78, 5) is 0. The fraction of sp³-hybridized carbons (Fsp3) is 0.362. The molecule has 5 aromatic rings. The Balaban J connectivity index is 1.38. The molecule has 1 spiro atoms. The van der Waals surface area contributed by atoms with E-state index in [9.17, 15) is 5.11 Å². The number of aliphatic hydroxyl groups excluding tert-OH is 1. The Labute approximate surface area is 312 Å². The van der Waals surface area contributed by atoms with Gasteiger partial charge in [-0.1, -0.05) is 82.3 Å². The quantitative estimate of drug-likeness (QED) is 0.196. The Morgan fingerprint density at radius 1 is 0.755 bits per heavy atom.